The van der Waals surface area contributed by atoms with Crippen LogP contribution in [-0.2, 0) is 4.79 Å². The first-order valence-electron chi connectivity index (χ1n) is 9.38. The van der Waals surface area contributed by atoms with Gasteiger partial charge < -0.3 is 25.4 Å². The molecule has 0 aliphatic carbocycles. The molecular weight excluding hydrogens is 410 g/mol. The number of anilines is 1. The number of ether oxygens (including phenoxy) is 1. The Bertz CT molecular complexity index is 1000. The highest BCUT2D eigenvalue weighted by Gasteiger charge is 2.44. The van der Waals surface area contributed by atoms with E-state index in [1.807, 2.05) is 6.07 Å². The summed E-state index contributed by atoms with van der Waals surface area (Å²) >= 11 is 0. The van der Waals surface area contributed by atoms with Gasteiger partial charge in [-0.25, -0.2) is 13.6 Å². The van der Waals surface area contributed by atoms with Gasteiger partial charge in [-0.05, 0) is 24.3 Å². The number of benzene rings is 2. The molecule has 8 nitrogen and oxygen atoms in total. The van der Waals surface area contributed by atoms with Gasteiger partial charge in [-0.2, -0.15) is 5.26 Å². The number of aliphatic hydroxyl groups is 1. The lowest BCUT2D eigenvalue weighted by atomic mass is 9.93. The maximum Gasteiger partial charge on any atom is 0.319 e. The van der Waals surface area contributed by atoms with E-state index in [1.165, 1.54) is 36.3 Å². The van der Waals surface area contributed by atoms with Gasteiger partial charge in [-0.15, -0.1) is 0 Å². The Hall–Kier alpha value is -3.71. The van der Waals surface area contributed by atoms with Crippen molar-refractivity contribution in [2.24, 2.45) is 0 Å². The summed E-state index contributed by atoms with van der Waals surface area (Å²) in [5, 5.41) is 23.0. The third-order valence-electron chi connectivity index (χ3n) is 4.98. The Morgan fingerprint density at radius 1 is 1.29 bits per heavy atom. The zero-order chi connectivity index (χ0) is 22.5. The van der Waals surface area contributed by atoms with Crippen LogP contribution in [0.3, 0.4) is 0 Å². The highest BCUT2D eigenvalue weighted by atomic mass is 19.1. The summed E-state index contributed by atoms with van der Waals surface area (Å²) < 4.78 is 34.2. The van der Waals surface area contributed by atoms with E-state index in [2.05, 4.69) is 10.6 Å². The van der Waals surface area contributed by atoms with Crippen molar-refractivity contribution in [3.8, 4) is 11.8 Å². The molecule has 0 radical (unpaired) electrons. The Morgan fingerprint density at radius 2 is 1.94 bits per heavy atom. The smallest absolute Gasteiger partial charge is 0.319 e. The number of likely N-dealkylation sites (tertiary alicyclic amines) is 1. The van der Waals surface area contributed by atoms with Crippen molar-refractivity contribution in [2.75, 3.05) is 32.1 Å². The summed E-state index contributed by atoms with van der Waals surface area (Å²) in [7, 11) is 1.27. The zero-order valence-electron chi connectivity index (χ0n) is 16.6. The van der Waals surface area contributed by atoms with Crippen LogP contribution in [0.15, 0.2) is 36.4 Å². The summed E-state index contributed by atoms with van der Waals surface area (Å²) in [4.78, 5) is 26.5. The van der Waals surface area contributed by atoms with Crippen molar-refractivity contribution in [2.45, 2.75) is 12.0 Å². The van der Waals surface area contributed by atoms with Crippen LogP contribution < -0.4 is 15.4 Å². The number of amides is 3. The minimum absolute atomic E-state index is 0.0154. The largest absolute Gasteiger partial charge is 0.497 e. The highest BCUT2D eigenvalue weighted by Crippen LogP contribution is 2.34. The van der Waals surface area contributed by atoms with E-state index < -0.39 is 35.5 Å². The molecular formula is C21H20F2N4O4. The van der Waals surface area contributed by atoms with Gasteiger partial charge in [0.2, 0.25) is 5.91 Å². The molecule has 2 unspecified atom stereocenters. The van der Waals surface area contributed by atoms with Crippen molar-refractivity contribution < 1.29 is 28.2 Å². The molecule has 162 valence electrons. The quantitative estimate of drug-likeness (QED) is 0.648. The molecule has 3 N–H and O–H groups in total. The number of carbonyl (C=O) groups excluding carboxylic acids is 2. The molecule has 1 aliphatic rings. The second kappa shape index (κ2) is 9.40. The number of hydrogen-bond donors (Lipinski definition) is 3. The number of carbonyl (C=O) groups is 2. The molecule has 0 spiro atoms. The van der Waals surface area contributed by atoms with Crippen LogP contribution >= 0.6 is 0 Å². The molecule has 1 aliphatic heterocycles. The van der Waals surface area contributed by atoms with Gasteiger partial charge in [0.15, 0.2) is 0 Å². The number of methoxy groups -OCH3 is 1. The van der Waals surface area contributed by atoms with Crippen LogP contribution in [0.2, 0.25) is 0 Å². The number of hydrogen-bond acceptors (Lipinski definition) is 5. The normalized spacial score (nSPS) is 17.9. The number of nitrogens with one attached hydrogen (secondary N) is 2. The van der Waals surface area contributed by atoms with Crippen molar-refractivity contribution in [3.05, 3.63) is 59.2 Å². The Morgan fingerprint density at radius 3 is 2.48 bits per heavy atom. The second-order valence-corrected chi connectivity index (χ2v) is 6.88. The third kappa shape index (κ3) is 4.73. The number of nitrogens with zero attached hydrogens (tertiary/aromatic N) is 2. The molecule has 31 heavy (non-hydrogen) atoms. The summed E-state index contributed by atoms with van der Waals surface area (Å²) in [5.74, 6) is -3.40. The fourth-order valence-corrected chi connectivity index (χ4v) is 3.51. The van der Waals surface area contributed by atoms with E-state index >= 15 is 0 Å². The van der Waals surface area contributed by atoms with E-state index in [-0.39, 0.29) is 31.0 Å². The molecule has 1 saturated heterocycles. The van der Waals surface area contributed by atoms with Crippen molar-refractivity contribution >= 4 is 17.6 Å². The molecule has 3 amide bonds. The number of β-amino-alcohol motifs (C(OH)–C–C–N with tert-alkyl or cyclic N) is 1. The first kappa shape index (κ1) is 22.0. The number of nitriles is 1. The maximum atomic E-state index is 14.7. The van der Waals surface area contributed by atoms with Crippen LogP contribution in [0.4, 0.5) is 19.3 Å². The molecule has 3 rings (SSSR count). The lowest BCUT2D eigenvalue weighted by molar-refractivity contribution is -0.129. The van der Waals surface area contributed by atoms with Crippen LogP contribution in [0.1, 0.15) is 17.0 Å². The van der Waals surface area contributed by atoms with E-state index in [0.29, 0.717) is 11.3 Å². The molecule has 10 heteroatoms. The minimum Gasteiger partial charge on any atom is -0.497 e. The van der Waals surface area contributed by atoms with Crippen LogP contribution in [0.25, 0.3) is 0 Å². The number of urea groups is 1. The monoisotopic (exact) mass is 430 g/mol. The SMILES string of the molecule is COc1cc(F)c(C2CN(CCO)C(=O)C2NC(=O)Nc2ccc(C#N)cc2)c(F)c1. The molecule has 2 aromatic carbocycles. The fourth-order valence-electron chi connectivity index (χ4n) is 3.51. The molecule has 1 fully saturated rings. The van der Waals surface area contributed by atoms with Gasteiger partial charge in [-0.1, -0.05) is 0 Å². The zero-order valence-corrected chi connectivity index (χ0v) is 16.6. The lowest BCUT2D eigenvalue weighted by Gasteiger charge is -2.20. The van der Waals surface area contributed by atoms with Gasteiger partial charge >= 0.3 is 6.03 Å². The van der Waals surface area contributed by atoms with Gasteiger partial charge in [0.05, 0.1) is 25.3 Å². The van der Waals surface area contributed by atoms with E-state index in [1.54, 1.807) is 0 Å². The van der Waals surface area contributed by atoms with Gasteiger partial charge in [0.1, 0.15) is 23.4 Å². The van der Waals surface area contributed by atoms with Crippen molar-refractivity contribution in [1.29, 1.82) is 5.26 Å². The Kier molecular flexibility index (Phi) is 6.67. The summed E-state index contributed by atoms with van der Waals surface area (Å²) in [5.41, 5.74) is 0.424. The first-order chi connectivity index (χ1) is 14.9. The van der Waals surface area contributed by atoms with Crippen LogP contribution in [0.5, 0.6) is 5.75 Å². The predicted molar refractivity (Wildman–Crippen MR) is 106 cm³/mol. The summed E-state index contributed by atoms with van der Waals surface area (Å²) in [6.07, 6.45) is 0. The number of rotatable bonds is 6. The Labute approximate surface area is 177 Å². The minimum atomic E-state index is -1.25. The topological polar surface area (TPSA) is 115 Å². The standard InChI is InChI=1S/C21H20F2N4O4/c1-31-14-8-16(22)18(17(23)9-14)15-11-27(6-7-28)20(29)19(15)26-21(30)25-13-4-2-12(10-24)3-5-13/h2-5,8-9,15,19,28H,6-7,11H2,1H3,(H2,25,26,30). The molecule has 2 aromatic rings. The highest BCUT2D eigenvalue weighted by molar-refractivity contribution is 5.95. The average molecular weight is 430 g/mol. The van der Waals surface area contributed by atoms with Gasteiger partial charge in [-0.3, -0.25) is 4.79 Å². The summed E-state index contributed by atoms with van der Waals surface area (Å²) in [6, 6.07) is 7.98. The Balaban J connectivity index is 1.85. The molecule has 1 heterocycles. The fraction of sp³-hybridized carbons (Fsp3) is 0.286. The molecule has 2 atom stereocenters. The third-order valence-corrected chi connectivity index (χ3v) is 4.98. The van der Waals surface area contributed by atoms with Gasteiger partial charge in [0.25, 0.3) is 0 Å². The van der Waals surface area contributed by atoms with Crippen LogP contribution in [-0.4, -0.2) is 54.8 Å². The van der Waals surface area contributed by atoms with E-state index in [9.17, 15) is 23.5 Å². The lowest BCUT2D eigenvalue weighted by Crippen LogP contribution is -2.45. The molecule has 0 aromatic heterocycles. The van der Waals surface area contributed by atoms with Crippen molar-refractivity contribution in [3.63, 3.8) is 0 Å². The van der Waals surface area contributed by atoms with Crippen LogP contribution in [0, 0.1) is 23.0 Å². The van der Waals surface area contributed by atoms with E-state index in [4.69, 9.17) is 10.00 Å². The van der Waals surface area contributed by atoms with E-state index in [0.717, 1.165) is 12.1 Å². The second-order valence-electron chi connectivity index (χ2n) is 6.88. The number of aliphatic hydroxyl groups excluding tert-OH is 1. The molecule has 0 saturated carbocycles. The molecule has 0 bridgehead atoms. The number of halogens is 2. The maximum absolute atomic E-state index is 14.7. The average Bonchev–Trinajstić information content (AvgIpc) is 3.03. The van der Waals surface area contributed by atoms with Crippen molar-refractivity contribution in [1.82, 2.24) is 10.2 Å². The predicted octanol–water partition coefficient (Wildman–Crippen LogP) is 1.95. The summed E-state index contributed by atoms with van der Waals surface area (Å²) in [6.45, 7) is -0.457. The first-order valence-corrected chi connectivity index (χ1v) is 9.38. The van der Waals surface area contributed by atoms with Gasteiger partial charge in [0, 0.05) is 42.4 Å².